The van der Waals surface area contributed by atoms with Crippen LogP contribution in [0.2, 0.25) is 0 Å². The Bertz CT molecular complexity index is 950. The number of pyridine rings is 2. The highest BCUT2D eigenvalue weighted by Crippen LogP contribution is 2.44. The Morgan fingerprint density at radius 1 is 1.07 bits per heavy atom. The van der Waals surface area contributed by atoms with Crippen LogP contribution >= 0.6 is 0 Å². The fraction of sp³-hybridized carbons (Fsp3) is 0.455. The molecule has 2 fully saturated rings. The van der Waals surface area contributed by atoms with Gasteiger partial charge < -0.3 is 9.64 Å². The molecule has 0 bridgehead atoms. The van der Waals surface area contributed by atoms with Crippen LogP contribution in [0.15, 0.2) is 36.8 Å². The van der Waals surface area contributed by atoms with E-state index in [-0.39, 0.29) is 0 Å². The highest BCUT2D eigenvalue weighted by Gasteiger charge is 2.28. The number of hydrogen-bond donors (Lipinski definition) is 0. The van der Waals surface area contributed by atoms with E-state index >= 15 is 0 Å². The predicted molar refractivity (Wildman–Crippen MR) is 108 cm³/mol. The molecular weight excluding hydrogens is 336 g/mol. The van der Waals surface area contributed by atoms with Crippen LogP contribution in [0.1, 0.15) is 44.1 Å². The molecular formula is C22H26N4O. The zero-order chi connectivity index (χ0) is 18.4. The molecule has 0 N–H and O–H groups in total. The Kier molecular flexibility index (Phi) is 4.03. The molecule has 0 radical (unpaired) electrons. The summed E-state index contributed by atoms with van der Waals surface area (Å²) >= 11 is 0. The summed E-state index contributed by atoms with van der Waals surface area (Å²) in [6.07, 6.45) is 11.0. The summed E-state index contributed by atoms with van der Waals surface area (Å²) < 4.78 is 7.47. The van der Waals surface area contributed by atoms with E-state index in [9.17, 15) is 0 Å². The van der Waals surface area contributed by atoms with E-state index in [1.165, 1.54) is 36.8 Å². The molecule has 2 aliphatic rings. The van der Waals surface area contributed by atoms with Gasteiger partial charge in [0.2, 0.25) is 0 Å². The molecule has 5 nitrogen and oxygen atoms in total. The van der Waals surface area contributed by atoms with Crippen LogP contribution in [0, 0.1) is 5.92 Å². The van der Waals surface area contributed by atoms with Crippen molar-refractivity contribution in [2.75, 3.05) is 25.1 Å². The van der Waals surface area contributed by atoms with Gasteiger partial charge in [0.15, 0.2) is 0 Å². The number of aromatic nitrogens is 3. The van der Waals surface area contributed by atoms with Crippen molar-refractivity contribution in [1.82, 2.24) is 14.6 Å². The molecule has 27 heavy (non-hydrogen) atoms. The number of piperidine rings is 1. The monoisotopic (exact) mass is 362 g/mol. The Labute approximate surface area is 160 Å². The van der Waals surface area contributed by atoms with E-state index in [4.69, 9.17) is 9.72 Å². The van der Waals surface area contributed by atoms with Crippen molar-refractivity contribution in [2.24, 2.45) is 5.92 Å². The number of fused-ring (bicyclic) bond motifs is 1. The van der Waals surface area contributed by atoms with Crippen molar-refractivity contribution in [2.45, 2.75) is 38.5 Å². The normalized spacial score (nSPS) is 18.2. The molecule has 1 saturated heterocycles. The first-order valence-corrected chi connectivity index (χ1v) is 9.99. The summed E-state index contributed by atoms with van der Waals surface area (Å²) in [5.74, 6) is 3.38. The van der Waals surface area contributed by atoms with Gasteiger partial charge in [-0.3, -0.25) is 0 Å². The third kappa shape index (κ3) is 3.05. The van der Waals surface area contributed by atoms with Gasteiger partial charge in [-0.25, -0.2) is 9.50 Å². The molecule has 0 aromatic carbocycles. The molecule has 0 amide bonds. The van der Waals surface area contributed by atoms with Gasteiger partial charge >= 0.3 is 0 Å². The standard InChI is InChI=1S/C22H26N4O/c1-15-7-9-25(10-8-15)21-6-5-17(12-23-21)19-11-18(27-2)14-26-22(19)20(13-24-26)16-3-4-16/h5-6,11-16H,3-4,7-10H2,1-2H3. The largest absolute Gasteiger partial charge is 0.495 e. The third-order valence-corrected chi connectivity index (χ3v) is 6.03. The summed E-state index contributed by atoms with van der Waals surface area (Å²) in [5, 5.41) is 4.58. The number of anilines is 1. The first kappa shape index (κ1) is 16.6. The van der Waals surface area contributed by atoms with E-state index in [2.05, 4.69) is 35.1 Å². The first-order chi connectivity index (χ1) is 13.2. The van der Waals surface area contributed by atoms with Crippen LogP contribution in [0.25, 0.3) is 16.6 Å². The van der Waals surface area contributed by atoms with E-state index in [1.807, 2.05) is 23.1 Å². The molecule has 4 heterocycles. The zero-order valence-corrected chi connectivity index (χ0v) is 16.1. The smallest absolute Gasteiger partial charge is 0.137 e. The third-order valence-electron chi connectivity index (χ3n) is 6.03. The van der Waals surface area contributed by atoms with E-state index < -0.39 is 0 Å². The summed E-state index contributed by atoms with van der Waals surface area (Å²) in [4.78, 5) is 7.20. The minimum absolute atomic E-state index is 0.650. The minimum atomic E-state index is 0.650. The fourth-order valence-electron chi connectivity index (χ4n) is 4.12. The SMILES string of the molecule is COc1cc(-c2ccc(N3CCC(C)CC3)nc2)c2c(C3CC3)cnn2c1. The number of rotatable bonds is 4. The average Bonchev–Trinajstić information content (AvgIpc) is 3.47. The maximum Gasteiger partial charge on any atom is 0.137 e. The van der Waals surface area contributed by atoms with Crippen molar-refractivity contribution in [3.63, 3.8) is 0 Å². The molecule has 1 aliphatic carbocycles. The van der Waals surface area contributed by atoms with Gasteiger partial charge in [-0.15, -0.1) is 0 Å². The Hall–Kier alpha value is -2.56. The van der Waals surface area contributed by atoms with Crippen LogP contribution in [0.3, 0.4) is 0 Å². The van der Waals surface area contributed by atoms with Crippen molar-refractivity contribution in [3.8, 4) is 16.9 Å². The summed E-state index contributed by atoms with van der Waals surface area (Å²) in [6, 6.07) is 6.47. The van der Waals surface area contributed by atoms with Crippen LogP contribution < -0.4 is 9.64 Å². The summed E-state index contributed by atoms with van der Waals surface area (Å²) in [5.41, 5.74) is 4.82. The predicted octanol–water partition coefficient (Wildman–Crippen LogP) is 4.52. The second kappa shape index (κ2) is 6.55. The number of hydrogen-bond acceptors (Lipinski definition) is 4. The Morgan fingerprint density at radius 2 is 1.89 bits per heavy atom. The van der Waals surface area contributed by atoms with Gasteiger partial charge in [-0.1, -0.05) is 6.92 Å². The van der Waals surface area contributed by atoms with Gasteiger partial charge in [0, 0.05) is 36.0 Å². The Balaban J connectivity index is 1.53. The molecule has 5 rings (SSSR count). The molecule has 140 valence electrons. The Morgan fingerprint density at radius 3 is 2.56 bits per heavy atom. The molecule has 0 unspecified atom stereocenters. The average molecular weight is 362 g/mol. The van der Waals surface area contributed by atoms with Crippen LogP contribution in [-0.4, -0.2) is 34.8 Å². The number of methoxy groups -OCH3 is 1. The summed E-state index contributed by atoms with van der Waals surface area (Å²) in [7, 11) is 1.70. The van der Waals surface area contributed by atoms with E-state index in [0.717, 1.165) is 41.7 Å². The maximum absolute atomic E-state index is 5.51. The van der Waals surface area contributed by atoms with Crippen LogP contribution in [0.5, 0.6) is 5.75 Å². The molecule has 1 saturated carbocycles. The van der Waals surface area contributed by atoms with Crippen molar-refractivity contribution >= 4 is 11.3 Å². The van der Waals surface area contributed by atoms with E-state index in [1.54, 1.807) is 7.11 Å². The van der Waals surface area contributed by atoms with Gasteiger partial charge in [-0.2, -0.15) is 5.10 Å². The van der Waals surface area contributed by atoms with Crippen LogP contribution in [-0.2, 0) is 0 Å². The summed E-state index contributed by atoms with van der Waals surface area (Å²) in [6.45, 7) is 4.54. The lowest BCUT2D eigenvalue weighted by Crippen LogP contribution is -2.33. The minimum Gasteiger partial charge on any atom is -0.495 e. The van der Waals surface area contributed by atoms with Crippen molar-refractivity contribution in [1.29, 1.82) is 0 Å². The lowest BCUT2D eigenvalue weighted by Gasteiger charge is -2.31. The lowest BCUT2D eigenvalue weighted by molar-refractivity contribution is 0.412. The molecule has 3 aromatic heterocycles. The van der Waals surface area contributed by atoms with Crippen molar-refractivity contribution in [3.05, 3.63) is 42.4 Å². The van der Waals surface area contributed by atoms with Gasteiger partial charge in [0.05, 0.1) is 25.0 Å². The number of ether oxygens (including phenoxy) is 1. The van der Waals surface area contributed by atoms with Crippen LogP contribution in [0.4, 0.5) is 5.82 Å². The first-order valence-electron chi connectivity index (χ1n) is 9.99. The maximum atomic E-state index is 5.51. The van der Waals surface area contributed by atoms with Gasteiger partial charge in [-0.05, 0) is 55.7 Å². The van der Waals surface area contributed by atoms with Gasteiger partial charge in [0.25, 0.3) is 0 Å². The van der Waals surface area contributed by atoms with Crippen molar-refractivity contribution < 1.29 is 4.74 Å². The second-order valence-corrected chi connectivity index (χ2v) is 8.04. The molecule has 3 aromatic rings. The van der Waals surface area contributed by atoms with E-state index in [0.29, 0.717) is 5.92 Å². The molecule has 0 spiro atoms. The highest BCUT2D eigenvalue weighted by atomic mass is 16.5. The number of nitrogens with zero attached hydrogens (tertiary/aromatic N) is 4. The molecule has 0 atom stereocenters. The lowest BCUT2D eigenvalue weighted by atomic mass is 9.99. The molecule has 5 heteroatoms. The topological polar surface area (TPSA) is 42.7 Å². The highest BCUT2D eigenvalue weighted by molar-refractivity contribution is 5.84. The molecule has 1 aliphatic heterocycles. The zero-order valence-electron chi connectivity index (χ0n) is 16.1. The fourth-order valence-corrected chi connectivity index (χ4v) is 4.12. The van der Waals surface area contributed by atoms with Gasteiger partial charge in [0.1, 0.15) is 11.6 Å². The quantitative estimate of drug-likeness (QED) is 0.684. The second-order valence-electron chi connectivity index (χ2n) is 8.04.